The highest BCUT2D eigenvalue weighted by Gasteiger charge is 2.28. The Balaban J connectivity index is 2.83. The molecule has 0 aliphatic heterocycles. The zero-order valence-corrected chi connectivity index (χ0v) is 6.10. The van der Waals surface area contributed by atoms with E-state index in [1.165, 1.54) is 18.5 Å². The topological polar surface area (TPSA) is 38.9 Å². The van der Waals surface area contributed by atoms with Gasteiger partial charge in [-0.05, 0) is 11.6 Å². The van der Waals surface area contributed by atoms with Crippen LogP contribution >= 0.6 is 0 Å². The monoisotopic (exact) mass is 176 g/mol. The van der Waals surface area contributed by atoms with Crippen LogP contribution in [0.3, 0.4) is 0 Å². The maximum absolute atomic E-state index is 11.8. The zero-order valence-electron chi connectivity index (χ0n) is 6.10. The standard InChI is InChI=1S/C7H7F3N2/c8-7(9,10)3-5-1-2-12-4-6(5)11/h1-2,4H,3,11H2. The molecule has 2 nitrogen and oxygen atoms in total. The minimum atomic E-state index is -4.21. The first kappa shape index (κ1) is 8.83. The van der Waals surface area contributed by atoms with Gasteiger partial charge in [0.15, 0.2) is 0 Å². The summed E-state index contributed by atoms with van der Waals surface area (Å²) in [5.41, 5.74) is 5.41. The molecule has 1 rings (SSSR count). The van der Waals surface area contributed by atoms with Crippen LogP contribution in [0.15, 0.2) is 18.5 Å². The molecule has 1 heterocycles. The van der Waals surface area contributed by atoms with Crippen molar-refractivity contribution in [2.45, 2.75) is 12.6 Å². The van der Waals surface area contributed by atoms with Gasteiger partial charge in [-0.1, -0.05) is 0 Å². The Kier molecular flexibility index (Phi) is 2.21. The molecule has 0 amide bonds. The smallest absolute Gasteiger partial charge is 0.393 e. The SMILES string of the molecule is Nc1cnccc1CC(F)(F)F. The van der Waals surface area contributed by atoms with E-state index in [9.17, 15) is 13.2 Å². The quantitative estimate of drug-likeness (QED) is 0.708. The van der Waals surface area contributed by atoms with Crippen molar-refractivity contribution in [3.63, 3.8) is 0 Å². The van der Waals surface area contributed by atoms with Crippen molar-refractivity contribution in [2.24, 2.45) is 0 Å². The van der Waals surface area contributed by atoms with Gasteiger partial charge < -0.3 is 5.73 Å². The second-order valence-electron chi connectivity index (χ2n) is 2.37. The Bertz CT molecular complexity index is 270. The van der Waals surface area contributed by atoms with E-state index >= 15 is 0 Å². The van der Waals surface area contributed by atoms with Crippen molar-refractivity contribution in [3.8, 4) is 0 Å². The highest BCUT2D eigenvalue weighted by atomic mass is 19.4. The summed E-state index contributed by atoms with van der Waals surface area (Å²) in [6.07, 6.45) is -2.71. The molecule has 0 saturated carbocycles. The van der Waals surface area contributed by atoms with E-state index in [1.54, 1.807) is 0 Å². The second kappa shape index (κ2) is 3.00. The molecule has 0 spiro atoms. The van der Waals surface area contributed by atoms with E-state index in [2.05, 4.69) is 4.98 Å². The number of rotatable bonds is 1. The number of pyridine rings is 1. The lowest BCUT2D eigenvalue weighted by molar-refractivity contribution is -0.127. The molecule has 0 fully saturated rings. The van der Waals surface area contributed by atoms with Crippen molar-refractivity contribution in [1.29, 1.82) is 0 Å². The van der Waals surface area contributed by atoms with Crippen molar-refractivity contribution in [1.82, 2.24) is 4.98 Å². The maximum atomic E-state index is 11.8. The Hall–Kier alpha value is -1.26. The third-order valence-corrected chi connectivity index (χ3v) is 1.34. The van der Waals surface area contributed by atoms with E-state index in [0.29, 0.717) is 0 Å². The van der Waals surface area contributed by atoms with Crippen LogP contribution in [0.5, 0.6) is 0 Å². The molecular weight excluding hydrogens is 169 g/mol. The van der Waals surface area contributed by atoms with E-state index in [-0.39, 0.29) is 11.3 Å². The molecule has 66 valence electrons. The number of nitrogen functional groups attached to an aromatic ring is 1. The molecule has 0 aromatic carbocycles. The number of nitrogens with zero attached hydrogens (tertiary/aromatic N) is 1. The lowest BCUT2D eigenvalue weighted by Gasteiger charge is -2.07. The molecule has 0 saturated heterocycles. The first-order valence-electron chi connectivity index (χ1n) is 3.24. The van der Waals surface area contributed by atoms with Crippen LogP contribution in [0, 0.1) is 0 Å². The maximum Gasteiger partial charge on any atom is 0.393 e. The van der Waals surface area contributed by atoms with Crippen LogP contribution in [0.1, 0.15) is 5.56 Å². The van der Waals surface area contributed by atoms with Gasteiger partial charge >= 0.3 is 6.18 Å². The summed E-state index contributed by atoms with van der Waals surface area (Å²) in [6.45, 7) is 0. The van der Waals surface area contributed by atoms with Crippen LogP contribution in [0.2, 0.25) is 0 Å². The third-order valence-electron chi connectivity index (χ3n) is 1.34. The van der Waals surface area contributed by atoms with Crippen LogP contribution < -0.4 is 5.73 Å². The number of nitrogens with two attached hydrogens (primary N) is 1. The first-order valence-corrected chi connectivity index (χ1v) is 3.24. The fraction of sp³-hybridized carbons (Fsp3) is 0.286. The van der Waals surface area contributed by atoms with Crippen LogP contribution in [-0.2, 0) is 6.42 Å². The van der Waals surface area contributed by atoms with Gasteiger partial charge in [0.2, 0.25) is 0 Å². The van der Waals surface area contributed by atoms with E-state index in [4.69, 9.17) is 5.73 Å². The van der Waals surface area contributed by atoms with Gasteiger partial charge in [0.05, 0.1) is 18.3 Å². The average Bonchev–Trinajstić information content (AvgIpc) is 1.91. The molecule has 0 unspecified atom stereocenters. The average molecular weight is 176 g/mol. The summed E-state index contributed by atoms with van der Waals surface area (Å²) < 4.78 is 35.5. The fourth-order valence-corrected chi connectivity index (χ4v) is 0.812. The van der Waals surface area contributed by atoms with Gasteiger partial charge in [0, 0.05) is 6.20 Å². The lowest BCUT2D eigenvalue weighted by Crippen LogP contribution is -2.13. The Morgan fingerprint density at radius 3 is 2.58 bits per heavy atom. The van der Waals surface area contributed by atoms with Gasteiger partial charge in [0.25, 0.3) is 0 Å². The molecule has 12 heavy (non-hydrogen) atoms. The summed E-state index contributed by atoms with van der Waals surface area (Å²) in [5, 5.41) is 0. The number of hydrogen-bond donors (Lipinski definition) is 1. The van der Waals surface area contributed by atoms with Gasteiger partial charge in [-0.2, -0.15) is 13.2 Å². The van der Waals surface area contributed by atoms with Crippen LogP contribution in [0.25, 0.3) is 0 Å². The molecule has 1 aromatic rings. The molecule has 0 bridgehead atoms. The molecule has 0 radical (unpaired) electrons. The third kappa shape index (κ3) is 2.41. The van der Waals surface area contributed by atoms with Gasteiger partial charge in [0.1, 0.15) is 0 Å². The molecule has 1 aromatic heterocycles. The summed E-state index contributed by atoms with van der Waals surface area (Å²) >= 11 is 0. The second-order valence-corrected chi connectivity index (χ2v) is 2.37. The Morgan fingerprint density at radius 1 is 1.42 bits per heavy atom. The normalized spacial score (nSPS) is 11.6. The van der Waals surface area contributed by atoms with Crippen molar-refractivity contribution in [3.05, 3.63) is 24.0 Å². The lowest BCUT2D eigenvalue weighted by atomic mass is 10.1. The van der Waals surface area contributed by atoms with Crippen molar-refractivity contribution >= 4 is 5.69 Å². The summed E-state index contributed by atoms with van der Waals surface area (Å²) in [4.78, 5) is 3.58. The highest BCUT2D eigenvalue weighted by molar-refractivity contribution is 5.44. The molecule has 0 atom stereocenters. The Morgan fingerprint density at radius 2 is 2.08 bits per heavy atom. The first-order chi connectivity index (χ1) is 5.49. The van der Waals surface area contributed by atoms with E-state index in [0.717, 1.165) is 0 Å². The largest absolute Gasteiger partial charge is 0.397 e. The van der Waals surface area contributed by atoms with E-state index in [1.807, 2.05) is 0 Å². The summed E-state index contributed by atoms with van der Waals surface area (Å²) in [5.74, 6) is 0. The van der Waals surface area contributed by atoms with Crippen molar-refractivity contribution < 1.29 is 13.2 Å². The van der Waals surface area contributed by atoms with Gasteiger partial charge in [-0.25, -0.2) is 0 Å². The van der Waals surface area contributed by atoms with Crippen LogP contribution in [-0.4, -0.2) is 11.2 Å². The molecule has 0 aliphatic carbocycles. The molecule has 0 aliphatic rings. The van der Waals surface area contributed by atoms with E-state index < -0.39 is 12.6 Å². The fourth-order valence-electron chi connectivity index (χ4n) is 0.812. The summed E-state index contributed by atoms with van der Waals surface area (Å²) in [6, 6.07) is 1.27. The minimum absolute atomic E-state index is 0.0671. The summed E-state index contributed by atoms with van der Waals surface area (Å²) in [7, 11) is 0. The Labute approximate surface area is 67.2 Å². The number of aromatic nitrogens is 1. The predicted octanol–water partition coefficient (Wildman–Crippen LogP) is 1.77. The van der Waals surface area contributed by atoms with Crippen molar-refractivity contribution in [2.75, 3.05) is 5.73 Å². The minimum Gasteiger partial charge on any atom is -0.397 e. The number of anilines is 1. The van der Waals surface area contributed by atoms with Gasteiger partial charge in [-0.15, -0.1) is 0 Å². The number of hydrogen-bond acceptors (Lipinski definition) is 2. The highest BCUT2D eigenvalue weighted by Crippen LogP contribution is 2.23. The molecular formula is C7H7F3N2. The number of alkyl halides is 3. The zero-order chi connectivity index (χ0) is 9.19. The molecule has 2 N–H and O–H groups in total. The van der Waals surface area contributed by atoms with Crippen LogP contribution in [0.4, 0.5) is 18.9 Å². The predicted molar refractivity (Wildman–Crippen MR) is 38.4 cm³/mol. The van der Waals surface area contributed by atoms with Gasteiger partial charge in [-0.3, -0.25) is 4.98 Å². The molecule has 5 heteroatoms. The number of halogens is 3.